The minimum absolute atomic E-state index is 0.187. The third-order valence-electron chi connectivity index (χ3n) is 3.36. The van der Waals surface area contributed by atoms with E-state index in [9.17, 15) is 22.8 Å². The summed E-state index contributed by atoms with van der Waals surface area (Å²) in [4.78, 5) is 23.3. The summed E-state index contributed by atoms with van der Waals surface area (Å²) in [5, 5.41) is 4.61. The number of hydrogen-bond acceptors (Lipinski definition) is 2. The minimum Gasteiger partial charge on any atom is -0.355 e. The van der Waals surface area contributed by atoms with Crippen molar-refractivity contribution in [3.63, 3.8) is 0 Å². The van der Waals surface area contributed by atoms with Crippen molar-refractivity contribution >= 4 is 35.2 Å². The second-order valence-corrected chi connectivity index (χ2v) is 5.62. The molecule has 8 heteroatoms. The maximum atomic E-state index is 12.8. The number of nitrogens with one attached hydrogen (secondary N) is 2. The van der Waals surface area contributed by atoms with Gasteiger partial charge in [0.1, 0.15) is 0 Å². The number of rotatable bonds is 4. The van der Waals surface area contributed by atoms with Crippen molar-refractivity contribution in [2.45, 2.75) is 6.18 Å². The molecule has 0 spiro atoms. The molecule has 0 aromatic heterocycles. The fourth-order valence-corrected chi connectivity index (χ4v) is 2.29. The lowest BCUT2D eigenvalue weighted by atomic mass is 10.1. The second-order valence-electron chi connectivity index (χ2n) is 5.22. The van der Waals surface area contributed by atoms with E-state index < -0.39 is 22.7 Å². The summed E-state index contributed by atoms with van der Waals surface area (Å²) in [7, 11) is 1.50. The molecule has 2 N–H and O–H groups in total. The summed E-state index contributed by atoms with van der Waals surface area (Å²) in [5.74, 6) is -0.785. The quantitative estimate of drug-likeness (QED) is 0.771. The lowest BCUT2D eigenvalue weighted by molar-refractivity contribution is -0.137. The second kappa shape index (κ2) is 8.05. The zero-order chi connectivity index (χ0) is 19.3. The van der Waals surface area contributed by atoms with Crippen LogP contribution >= 0.6 is 11.6 Å². The first-order chi connectivity index (χ1) is 12.2. The van der Waals surface area contributed by atoms with Gasteiger partial charge in [-0.05, 0) is 48.0 Å². The van der Waals surface area contributed by atoms with Crippen LogP contribution in [0.15, 0.2) is 48.5 Å². The van der Waals surface area contributed by atoms with E-state index in [0.29, 0.717) is 11.3 Å². The molecule has 0 bridgehead atoms. The highest BCUT2D eigenvalue weighted by atomic mass is 35.5. The van der Waals surface area contributed by atoms with Crippen molar-refractivity contribution < 1.29 is 22.8 Å². The predicted molar refractivity (Wildman–Crippen MR) is 93.9 cm³/mol. The Hall–Kier alpha value is -2.80. The van der Waals surface area contributed by atoms with Crippen molar-refractivity contribution in [1.29, 1.82) is 0 Å². The molecular formula is C18H14ClF3N2O2. The molecule has 0 radical (unpaired) electrons. The van der Waals surface area contributed by atoms with Gasteiger partial charge in [-0.1, -0.05) is 17.7 Å². The van der Waals surface area contributed by atoms with Crippen LogP contribution in [-0.4, -0.2) is 18.9 Å². The average molecular weight is 383 g/mol. The van der Waals surface area contributed by atoms with Crippen LogP contribution < -0.4 is 10.6 Å². The predicted octanol–water partition coefficient (Wildman–Crippen LogP) is 4.37. The van der Waals surface area contributed by atoms with Gasteiger partial charge in [-0.2, -0.15) is 13.2 Å². The third-order valence-corrected chi connectivity index (χ3v) is 3.69. The van der Waals surface area contributed by atoms with Gasteiger partial charge in [0, 0.05) is 24.4 Å². The molecule has 0 unspecified atom stereocenters. The molecule has 2 aromatic carbocycles. The average Bonchev–Trinajstić information content (AvgIpc) is 2.60. The molecule has 4 nitrogen and oxygen atoms in total. The Kier molecular flexibility index (Phi) is 6.05. The fourth-order valence-electron chi connectivity index (χ4n) is 2.07. The van der Waals surface area contributed by atoms with Crippen LogP contribution in [0, 0.1) is 0 Å². The monoisotopic (exact) mass is 382 g/mol. The van der Waals surface area contributed by atoms with E-state index in [0.717, 1.165) is 18.2 Å². The molecule has 0 aliphatic rings. The first-order valence-corrected chi connectivity index (χ1v) is 7.76. The molecule has 0 saturated heterocycles. The molecule has 0 atom stereocenters. The number of benzene rings is 2. The Balaban J connectivity index is 2.07. The molecule has 26 heavy (non-hydrogen) atoms. The lowest BCUT2D eigenvalue weighted by Gasteiger charge is -2.09. The molecule has 0 heterocycles. The molecule has 0 saturated carbocycles. The molecule has 2 aromatic rings. The fraction of sp³-hybridized carbons (Fsp3) is 0.111. The number of hydrogen-bond donors (Lipinski definition) is 2. The van der Waals surface area contributed by atoms with Gasteiger partial charge >= 0.3 is 6.18 Å². The highest BCUT2D eigenvalue weighted by Gasteiger charge is 2.33. The van der Waals surface area contributed by atoms with Crippen molar-refractivity contribution in [3.05, 3.63) is 70.3 Å². The minimum atomic E-state index is -4.57. The molecule has 0 aliphatic carbocycles. The molecular weight excluding hydrogens is 369 g/mol. The van der Waals surface area contributed by atoms with Crippen LogP contribution in [0.4, 0.5) is 18.9 Å². The number of carbonyl (C=O) groups is 2. The van der Waals surface area contributed by atoms with E-state index in [1.54, 1.807) is 12.1 Å². The number of anilines is 1. The molecule has 136 valence electrons. The number of halogens is 4. The van der Waals surface area contributed by atoms with Crippen LogP contribution in [-0.2, 0) is 11.0 Å². The van der Waals surface area contributed by atoms with Crippen LogP contribution in [0.3, 0.4) is 0 Å². The van der Waals surface area contributed by atoms with Gasteiger partial charge in [0.25, 0.3) is 5.91 Å². The van der Waals surface area contributed by atoms with Crippen molar-refractivity contribution in [2.75, 3.05) is 12.4 Å². The summed E-state index contributed by atoms with van der Waals surface area (Å²) in [5.41, 5.74) is 0.0969. The van der Waals surface area contributed by atoms with E-state index in [-0.39, 0.29) is 11.5 Å². The number of amides is 2. The largest absolute Gasteiger partial charge is 0.417 e. The van der Waals surface area contributed by atoms with Crippen LogP contribution in [0.5, 0.6) is 0 Å². The SMILES string of the molecule is CNC(=O)c1ccc(NC(=O)/C=C/c2ccc(Cl)c(C(F)(F)F)c2)cc1. The van der Waals surface area contributed by atoms with E-state index in [2.05, 4.69) is 10.6 Å². The Labute approximate surface area is 152 Å². The van der Waals surface area contributed by atoms with E-state index in [1.165, 1.54) is 31.3 Å². The molecule has 0 aliphatic heterocycles. The Morgan fingerprint density at radius 2 is 1.73 bits per heavy atom. The van der Waals surface area contributed by atoms with Crippen molar-refractivity contribution in [1.82, 2.24) is 5.32 Å². The maximum Gasteiger partial charge on any atom is 0.417 e. The Bertz CT molecular complexity index is 847. The summed E-state index contributed by atoms with van der Waals surface area (Å²) in [6, 6.07) is 9.52. The van der Waals surface area contributed by atoms with Gasteiger partial charge in [0.05, 0.1) is 10.6 Å². The van der Waals surface area contributed by atoms with Gasteiger partial charge in [0.2, 0.25) is 5.91 Å². The van der Waals surface area contributed by atoms with Crippen molar-refractivity contribution in [2.24, 2.45) is 0 Å². The maximum absolute atomic E-state index is 12.8. The first kappa shape index (κ1) is 19.5. The zero-order valence-electron chi connectivity index (χ0n) is 13.5. The third kappa shape index (κ3) is 5.10. The van der Waals surface area contributed by atoms with Gasteiger partial charge in [-0.3, -0.25) is 9.59 Å². The standard InChI is InChI=1S/C18H14ClF3N2O2/c1-23-17(26)12-4-6-13(7-5-12)24-16(25)9-3-11-2-8-15(19)14(10-11)18(20,21)22/h2-10H,1H3,(H,23,26)(H,24,25)/b9-3+. The topological polar surface area (TPSA) is 58.2 Å². The lowest BCUT2D eigenvalue weighted by Crippen LogP contribution is -2.17. The molecule has 2 rings (SSSR count). The Morgan fingerprint density at radius 1 is 1.08 bits per heavy atom. The molecule has 0 fully saturated rings. The van der Waals surface area contributed by atoms with Crippen LogP contribution in [0.1, 0.15) is 21.5 Å². The van der Waals surface area contributed by atoms with Crippen LogP contribution in [0.25, 0.3) is 6.08 Å². The van der Waals surface area contributed by atoms with Gasteiger partial charge in [-0.25, -0.2) is 0 Å². The summed E-state index contributed by atoms with van der Waals surface area (Å²) < 4.78 is 38.4. The zero-order valence-corrected chi connectivity index (χ0v) is 14.3. The highest BCUT2D eigenvalue weighted by molar-refractivity contribution is 6.31. The number of alkyl halides is 3. The van der Waals surface area contributed by atoms with Crippen molar-refractivity contribution in [3.8, 4) is 0 Å². The molecule has 2 amide bonds. The normalized spacial score (nSPS) is 11.4. The van der Waals surface area contributed by atoms with E-state index >= 15 is 0 Å². The van der Waals surface area contributed by atoms with Crippen LogP contribution in [0.2, 0.25) is 5.02 Å². The van der Waals surface area contributed by atoms with E-state index in [1.807, 2.05) is 0 Å². The van der Waals surface area contributed by atoms with E-state index in [4.69, 9.17) is 11.6 Å². The summed E-state index contributed by atoms with van der Waals surface area (Å²) >= 11 is 5.54. The Morgan fingerprint density at radius 3 is 2.31 bits per heavy atom. The summed E-state index contributed by atoms with van der Waals surface area (Å²) in [6.07, 6.45) is -2.22. The summed E-state index contributed by atoms with van der Waals surface area (Å²) in [6.45, 7) is 0. The first-order valence-electron chi connectivity index (χ1n) is 7.38. The number of carbonyl (C=O) groups excluding carboxylic acids is 2. The highest BCUT2D eigenvalue weighted by Crippen LogP contribution is 2.35. The van der Waals surface area contributed by atoms with Gasteiger partial charge in [0.15, 0.2) is 0 Å². The van der Waals surface area contributed by atoms with Gasteiger partial charge < -0.3 is 10.6 Å². The smallest absolute Gasteiger partial charge is 0.355 e. The van der Waals surface area contributed by atoms with Gasteiger partial charge in [-0.15, -0.1) is 0 Å².